The highest BCUT2D eigenvalue weighted by Crippen LogP contribution is 2.22. The van der Waals surface area contributed by atoms with Crippen LogP contribution < -0.4 is 5.32 Å². The fourth-order valence-electron chi connectivity index (χ4n) is 1.65. The number of esters is 1. The summed E-state index contributed by atoms with van der Waals surface area (Å²) in [5.74, 6) is -1.05. The van der Waals surface area contributed by atoms with Crippen molar-refractivity contribution in [1.82, 2.24) is 20.6 Å². The van der Waals surface area contributed by atoms with Gasteiger partial charge in [0.1, 0.15) is 17.5 Å². The number of rotatable bonds is 4. The number of aromatic amines is 1. The molecule has 112 valence electrons. The highest BCUT2D eigenvalue weighted by molar-refractivity contribution is 5.96. The average molecular weight is 302 g/mol. The van der Waals surface area contributed by atoms with Crippen LogP contribution in [-0.2, 0) is 4.74 Å². The number of hydrogen-bond acceptors (Lipinski definition) is 7. The van der Waals surface area contributed by atoms with Crippen LogP contribution in [0.3, 0.4) is 0 Å². The number of benzene rings is 1. The van der Waals surface area contributed by atoms with E-state index in [0.717, 1.165) is 6.07 Å². The van der Waals surface area contributed by atoms with Crippen LogP contribution in [0.25, 0.3) is 5.57 Å². The van der Waals surface area contributed by atoms with Crippen molar-refractivity contribution in [2.45, 2.75) is 6.92 Å². The molecular formula is C13H11FN6O2. The number of nitrogens with one attached hydrogen (secondary N) is 2. The summed E-state index contributed by atoms with van der Waals surface area (Å²) in [5.41, 5.74) is 0.661. The molecule has 0 spiro atoms. The number of methoxy groups -OCH3 is 1. The van der Waals surface area contributed by atoms with Crippen molar-refractivity contribution < 1.29 is 13.9 Å². The topological polar surface area (TPSA) is 117 Å². The van der Waals surface area contributed by atoms with Gasteiger partial charge in [-0.1, -0.05) is 0 Å². The van der Waals surface area contributed by atoms with Crippen LogP contribution in [0.1, 0.15) is 21.7 Å². The van der Waals surface area contributed by atoms with E-state index in [1.807, 2.05) is 6.07 Å². The van der Waals surface area contributed by atoms with E-state index in [1.165, 1.54) is 26.3 Å². The Morgan fingerprint density at radius 3 is 2.91 bits per heavy atom. The summed E-state index contributed by atoms with van der Waals surface area (Å²) in [4.78, 5) is 11.7. The third kappa shape index (κ3) is 3.06. The molecule has 9 heteroatoms. The number of allylic oxidation sites excluding steroid dienone is 1. The molecule has 0 aliphatic rings. The number of hydrogen-bond donors (Lipinski definition) is 2. The van der Waals surface area contributed by atoms with Crippen LogP contribution >= 0.6 is 0 Å². The standard InChI is InChI=1S/C13H11FN6O2/c1-7-3-9(13(21)22-2)11(4-10(7)14)16-6-8(5-15)12-17-19-20-18-12/h3-4,6,16H,1-2H3,(H,17,18,19,20). The largest absolute Gasteiger partial charge is 0.465 e. The molecule has 0 unspecified atom stereocenters. The van der Waals surface area contributed by atoms with Crippen LogP contribution in [0.2, 0.25) is 0 Å². The van der Waals surface area contributed by atoms with E-state index in [4.69, 9.17) is 5.26 Å². The van der Waals surface area contributed by atoms with Gasteiger partial charge in [-0.05, 0) is 29.8 Å². The number of carbonyl (C=O) groups excluding carboxylic acids is 1. The van der Waals surface area contributed by atoms with Gasteiger partial charge >= 0.3 is 5.97 Å². The quantitative estimate of drug-likeness (QED) is 0.647. The predicted molar refractivity (Wildman–Crippen MR) is 73.9 cm³/mol. The highest BCUT2D eigenvalue weighted by atomic mass is 19.1. The molecule has 0 saturated carbocycles. The molecule has 0 aliphatic heterocycles. The Hall–Kier alpha value is -3.28. The van der Waals surface area contributed by atoms with E-state index >= 15 is 0 Å². The van der Waals surface area contributed by atoms with Gasteiger partial charge in [-0.15, -0.1) is 10.2 Å². The van der Waals surface area contributed by atoms with Crippen molar-refractivity contribution in [3.63, 3.8) is 0 Å². The third-order valence-electron chi connectivity index (χ3n) is 2.78. The Morgan fingerprint density at radius 1 is 1.55 bits per heavy atom. The molecule has 2 rings (SSSR count). The molecule has 0 amide bonds. The smallest absolute Gasteiger partial charge is 0.339 e. The molecule has 0 aliphatic carbocycles. The molecule has 2 N–H and O–H groups in total. The summed E-state index contributed by atoms with van der Waals surface area (Å²) in [6, 6.07) is 4.37. The zero-order valence-corrected chi connectivity index (χ0v) is 11.7. The molecule has 1 aromatic carbocycles. The van der Waals surface area contributed by atoms with Crippen LogP contribution in [0.15, 0.2) is 18.3 Å². The van der Waals surface area contributed by atoms with E-state index in [0.29, 0.717) is 5.56 Å². The van der Waals surface area contributed by atoms with Crippen molar-refractivity contribution in [1.29, 1.82) is 5.26 Å². The lowest BCUT2D eigenvalue weighted by molar-refractivity contribution is 0.0601. The fraction of sp³-hybridized carbons (Fsp3) is 0.154. The maximum absolute atomic E-state index is 13.7. The van der Waals surface area contributed by atoms with Crippen molar-refractivity contribution >= 4 is 17.2 Å². The first-order valence-corrected chi connectivity index (χ1v) is 6.06. The van der Waals surface area contributed by atoms with Crippen molar-refractivity contribution in [3.05, 3.63) is 41.1 Å². The number of nitriles is 1. The van der Waals surface area contributed by atoms with Crippen LogP contribution in [-0.4, -0.2) is 33.7 Å². The van der Waals surface area contributed by atoms with Crippen molar-refractivity contribution in [3.8, 4) is 6.07 Å². The van der Waals surface area contributed by atoms with E-state index in [1.54, 1.807) is 0 Å². The van der Waals surface area contributed by atoms with Gasteiger partial charge in [-0.3, -0.25) is 0 Å². The molecule has 0 radical (unpaired) electrons. The summed E-state index contributed by atoms with van der Waals surface area (Å²) in [7, 11) is 1.22. The molecule has 0 bridgehead atoms. The second-order valence-corrected chi connectivity index (χ2v) is 4.19. The van der Waals surface area contributed by atoms with E-state index in [2.05, 4.69) is 30.7 Å². The Balaban J connectivity index is 2.38. The van der Waals surface area contributed by atoms with Gasteiger partial charge in [0, 0.05) is 6.20 Å². The number of aromatic nitrogens is 4. The predicted octanol–water partition coefficient (Wildman–Crippen LogP) is 1.41. The van der Waals surface area contributed by atoms with Crippen LogP contribution in [0, 0.1) is 24.1 Å². The summed E-state index contributed by atoms with van der Waals surface area (Å²) >= 11 is 0. The first-order chi connectivity index (χ1) is 10.6. The minimum Gasteiger partial charge on any atom is -0.465 e. The zero-order valence-electron chi connectivity index (χ0n) is 11.7. The highest BCUT2D eigenvalue weighted by Gasteiger charge is 2.15. The van der Waals surface area contributed by atoms with Gasteiger partial charge < -0.3 is 10.1 Å². The summed E-state index contributed by atoms with van der Waals surface area (Å²) < 4.78 is 18.3. The second kappa shape index (κ2) is 6.45. The molecule has 2 aromatic rings. The number of halogens is 1. The van der Waals surface area contributed by atoms with Gasteiger partial charge in [0.2, 0.25) is 5.82 Å². The number of anilines is 1. The SMILES string of the molecule is COC(=O)c1cc(C)c(F)cc1NC=C(C#N)c1nn[nH]n1. The monoisotopic (exact) mass is 302 g/mol. The molecule has 0 fully saturated rings. The summed E-state index contributed by atoms with van der Waals surface area (Å²) in [6.07, 6.45) is 1.25. The minimum atomic E-state index is -0.628. The Morgan fingerprint density at radius 2 is 2.32 bits per heavy atom. The molecule has 22 heavy (non-hydrogen) atoms. The summed E-state index contributed by atoms with van der Waals surface area (Å²) in [6.45, 7) is 1.53. The number of ether oxygens (including phenoxy) is 1. The van der Waals surface area contributed by atoms with E-state index in [-0.39, 0.29) is 22.6 Å². The van der Waals surface area contributed by atoms with Gasteiger partial charge in [0.15, 0.2) is 0 Å². The lowest BCUT2D eigenvalue weighted by Crippen LogP contribution is -2.07. The third-order valence-corrected chi connectivity index (χ3v) is 2.78. The average Bonchev–Trinajstić information content (AvgIpc) is 3.04. The number of nitrogens with zero attached hydrogens (tertiary/aromatic N) is 4. The number of tetrazole rings is 1. The minimum absolute atomic E-state index is 0.0607. The van der Waals surface area contributed by atoms with Crippen molar-refractivity contribution in [2.75, 3.05) is 12.4 Å². The first kappa shape index (κ1) is 15.1. The lowest BCUT2D eigenvalue weighted by atomic mass is 10.1. The molecular weight excluding hydrogens is 291 g/mol. The Kier molecular flexibility index (Phi) is 4.43. The van der Waals surface area contributed by atoms with E-state index < -0.39 is 11.8 Å². The first-order valence-electron chi connectivity index (χ1n) is 6.06. The normalized spacial score (nSPS) is 10.9. The second-order valence-electron chi connectivity index (χ2n) is 4.19. The Bertz CT molecular complexity index is 764. The fourth-order valence-corrected chi connectivity index (χ4v) is 1.65. The van der Waals surface area contributed by atoms with Crippen LogP contribution in [0.4, 0.5) is 10.1 Å². The zero-order chi connectivity index (χ0) is 16.1. The maximum atomic E-state index is 13.7. The van der Waals surface area contributed by atoms with Gasteiger partial charge in [-0.25, -0.2) is 9.18 Å². The number of carbonyl (C=O) groups is 1. The Labute approximate surface area is 124 Å². The van der Waals surface area contributed by atoms with E-state index in [9.17, 15) is 9.18 Å². The molecule has 8 nitrogen and oxygen atoms in total. The van der Waals surface area contributed by atoms with Crippen LogP contribution in [0.5, 0.6) is 0 Å². The lowest BCUT2D eigenvalue weighted by Gasteiger charge is -2.10. The molecule has 1 aromatic heterocycles. The maximum Gasteiger partial charge on any atom is 0.339 e. The van der Waals surface area contributed by atoms with Gasteiger partial charge in [0.05, 0.1) is 18.4 Å². The van der Waals surface area contributed by atoms with Crippen molar-refractivity contribution in [2.24, 2.45) is 0 Å². The molecule has 0 saturated heterocycles. The van der Waals surface area contributed by atoms with Gasteiger partial charge in [0.25, 0.3) is 0 Å². The molecule has 1 heterocycles. The molecule has 0 atom stereocenters. The number of H-pyrrole nitrogens is 1. The summed E-state index contributed by atoms with van der Waals surface area (Å²) in [5, 5.41) is 24.6. The number of aryl methyl sites for hydroxylation is 1. The van der Waals surface area contributed by atoms with Gasteiger partial charge in [-0.2, -0.15) is 10.5 Å².